The third-order valence-corrected chi connectivity index (χ3v) is 3.03. The van der Waals surface area contributed by atoms with Gasteiger partial charge in [-0.2, -0.15) is 0 Å². The molecular formula is C14H26N4O. The van der Waals surface area contributed by atoms with E-state index in [1.54, 1.807) is 6.33 Å². The standard InChI is InChI=1S/C14H26N4O/c1-4-8-12-13(15-5-2)16-11-17-14(12)18(6-3)9-7-10-19/h11,19H,4-10H2,1-3H3,(H,15,16,17). The predicted molar refractivity (Wildman–Crippen MR) is 79.8 cm³/mol. The summed E-state index contributed by atoms with van der Waals surface area (Å²) in [6.45, 7) is 9.13. The molecule has 1 aromatic rings. The molecule has 108 valence electrons. The molecule has 0 aromatic carbocycles. The zero-order valence-corrected chi connectivity index (χ0v) is 12.3. The van der Waals surface area contributed by atoms with Gasteiger partial charge in [0.1, 0.15) is 18.0 Å². The molecule has 0 aliphatic rings. The van der Waals surface area contributed by atoms with E-state index in [2.05, 4.69) is 41.0 Å². The van der Waals surface area contributed by atoms with Crippen molar-refractivity contribution in [3.63, 3.8) is 0 Å². The molecule has 0 radical (unpaired) electrons. The lowest BCUT2D eigenvalue weighted by molar-refractivity contribution is 0.289. The molecule has 0 amide bonds. The van der Waals surface area contributed by atoms with Gasteiger partial charge < -0.3 is 15.3 Å². The largest absolute Gasteiger partial charge is 0.396 e. The lowest BCUT2D eigenvalue weighted by Crippen LogP contribution is -2.27. The molecule has 2 N–H and O–H groups in total. The van der Waals surface area contributed by atoms with Gasteiger partial charge in [0, 0.05) is 31.8 Å². The highest BCUT2D eigenvalue weighted by Crippen LogP contribution is 2.25. The van der Waals surface area contributed by atoms with Gasteiger partial charge in [-0.05, 0) is 26.7 Å². The van der Waals surface area contributed by atoms with Gasteiger partial charge in [0.25, 0.3) is 0 Å². The Bertz CT molecular complexity index is 370. The zero-order valence-electron chi connectivity index (χ0n) is 12.3. The van der Waals surface area contributed by atoms with Crippen LogP contribution in [0, 0.1) is 0 Å². The maximum Gasteiger partial charge on any atom is 0.137 e. The second-order valence-electron chi connectivity index (χ2n) is 4.46. The summed E-state index contributed by atoms with van der Waals surface area (Å²) in [5, 5.41) is 12.3. The number of nitrogens with one attached hydrogen (secondary N) is 1. The van der Waals surface area contributed by atoms with Crippen molar-refractivity contribution in [3.8, 4) is 0 Å². The van der Waals surface area contributed by atoms with Crippen molar-refractivity contribution in [1.29, 1.82) is 0 Å². The molecule has 0 fully saturated rings. The van der Waals surface area contributed by atoms with Crippen molar-refractivity contribution < 1.29 is 5.11 Å². The first-order valence-corrected chi connectivity index (χ1v) is 7.21. The molecule has 19 heavy (non-hydrogen) atoms. The van der Waals surface area contributed by atoms with Crippen LogP contribution in [0.1, 0.15) is 39.2 Å². The van der Waals surface area contributed by atoms with E-state index in [4.69, 9.17) is 5.11 Å². The van der Waals surface area contributed by atoms with Crippen LogP contribution in [0.3, 0.4) is 0 Å². The molecule has 0 spiro atoms. The quantitative estimate of drug-likeness (QED) is 0.716. The lowest BCUT2D eigenvalue weighted by Gasteiger charge is -2.25. The zero-order chi connectivity index (χ0) is 14.1. The SMILES string of the molecule is CCCc1c(NCC)ncnc1N(CC)CCCO. The van der Waals surface area contributed by atoms with E-state index in [9.17, 15) is 0 Å². The minimum absolute atomic E-state index is 0.213. The van der Waals surface area contributed by atoms with E-state index in [1.165, 1.54) is 5.56 Å². The first-order valence-electron chi connectivity index (χ1n) is 7.21. The Kier molecular flexibility index (Phi) is 7.18. The van der Waals surface area contributed by atoms with Crippen LogP contribution in [-0.4, -0.2) is 41.3 Å². The summed E-state index contributed by atoms with van der Waals surface area (Å²) < 4.78 is 0. The van der Waals surface area contributed by atoms with E-state index in [0.29, 0.717) is 0 Å². The van der Waals surface area contributed by atoms with Crippen molar-refractivity contribution in [2.45, 2.75) is 40.0 Å². The second kappa shape index (κ2) is 8.69. The summed E-state index contributed by atoms with van der Waals surface area (Å²) in [6.07, 6.45) is 4.42. The molecule has 0 aliphatic heterocycles. The van der Waals surface area contributed by atoms with E-state index in [-0.39, 0.29) is 6.61 Å². The van der Waals surface area contributed by atoms with Crippen molar-refractivity contribution in [2.75, 3.05) is 36.5 Å². The Labute approximate surface area is 116 Å². The van der Waals surface area contributed by atoms with Gasteiger partial charge in [-0.15, -0.1) is 0 Å². The highest BCUT2D eigenvalue weighted by molar-refractivity contribution is 5.58. The number of nitrogens with zero attached hydrogens (tertiary/aromatic N) is 3. The Morgan fingerprint density at radius 1 is 1.26 bits per heavy atom. The number of aromatic nitrogens is 2. The van der Waals surface area contributed by atoms with Crippen LogP contribution in [-0.2, 0) is 6.42 Å². The van der Waals surface area contributed by atoms with Crippen molar-refractivity contribution in [2.24, 2.45) is 0 Å². The summed E-state index contributed by atoms with van der Waals surface area (Å²) in [6, 6.07) is 0. The van der Waals surface area contributed by atoms with E-state index in [1.807, 2.05) is 0 Å². The van der Waals surface area contributed by atoms with Gasteiger partial charge in [-0.1, -0.05) is 13.3 Å². The van der Waals surface area contributed by atoms with E-state index >= 15 is 0 Å². The Balaban J connectivity index is 3.04. The number of hydrogen-bond acceptors (Lipinski definition) is 5. The van der Waals surface area contributed by atoms with E-state index in [0.717, 1.165) is 50.5 Å². The summed E-state index contributed by atoms with van der Waals surface area (Å²) in [5.41, 5.74) is 1.19. The van der Waals surface area contributed by atoms with Gasteiger partial charge in [0.15, 0.2) is 0 Å². The van der Waals surface area contributed by atoms with Crippen LogP contribution in [0.5, 0.6) is 0 Å². The van der Waals surface area contributed by atoms with Gasteiger partial charge in [-0.25, -0.2) is 9.97 Å². The van der Waals surface area contributed by atoms with Crippen molar-refractivity contribution in [1.82, 2.24) is 9.97 Å². The highest BCUT2D eigenvalue weighted by Gasteiger charge is 2.15. The fourth-order valence-corrected chi connectivity index (χ4v) is 2.15. The van der Waals surface area contributed by atoms with Crippen LogP contribution in [0.2, 0.25) is 0 Å². The molecule has 1 heterocycles. The fourth-order valence-electron chi connectivity index (χ4n) is 2.15. The molecule has 0 saturated carbocycles. The number of hydrogen-bond donors (Lipinski definition) is 2. The third kappa shape index (κ3) is 4.35. The number of rotatable bonds is 9. The minimum Gasteiger partial charge on any atom is -0.396 e. The number of anilines is 2. The maximum absolute atomic E-state index is 9.00. The molecule has 0 aliphatic carbocycles. The molecule has 0 bridgehead atoms. The Hall–Kier alpha value is -1.36. The molecule has 1 rings (SSSR count). The molecule has 5 nitrogen and oxygen atoms in total. The first kappa shape index (κ1) is 15.7. The van der Waals surface area contributed by atoms with Crippen LogP contribution in [0.15, 0.2) is 6.33 Å². The Morgan fingerprint density at radius 3 is 2.63 bits per heavy atom. The van der Waals surface area contributed by atoms with Crippen LogP contribution >= 0.6 is 0 Å². The average molecular weight is 266 g/mol. The number of aliphatic hydroxyl groups is 1. The molecule has 0 saturated heterocycles. The summed E-state index contributed by atoms with van der Waals surface area (Å²) in [7, 11) is 0. The molecular weight excluding hydrogens is 240 g/mol. The summed E-state index contributed by atoms with van der Waals surface area (Å²) in [4.78, 5) is 11.0. The third-order valence-electron chi connectivity index (χ3n) is 3.03. The van der Waals surface area contributed by atoms with Crippen LogP contribution in [0.4, 0.5) is 11.6 Å². The first-order chi connectivity index (χ1) is 9.28. The van der Waals surface area contributed by atoms with Gasteiger partial charge >= 0.3 is 0 Å². The van der Waals surface area contributed by atoms with Crippen molar-refractivity contribution in [3.05, 3.63) is 11.9 Å². The highest BCUT2D eigenvalue weighted by atomic mass is 16.3. The maximum atomic E-state index is 9.00. The van der Waals surface area contributed by atoms with Gasteiger partial charge in [-0.3, -0.25) is 0 Å². The van der Waals surface area contributed by atoms with Gasteiger partial charge in [0.2, 0.25) is 0 Å². The molecule has 0 atom stereocenters. The normalized spacial score (nSPS) is 10.5. The molecule has 1 aromatic heterocycles. The fraction of sp³-hybridized carbons (Fsp3) is 0.714. The van der Waals surface area contributed by atoms with Gasteiger partial charge in [0.05, 0.1) is 0 Å². The summed E-state index contributed by atoms with van der Waals surface area (Å²) in [5.74, 6) is 1.94. The molecule has 0 unspecified atom stereocenters. The van der Waals surface area contributed by atoms with Crippen LogP contribution < -0.4 is 10.2 Å². The van der Waals surface area contributed by atoms with Crippen LogP contribution in [0.25, 0.3) is 0 Å². The smallest absolute Gasteiger partial charge is 0.137 e. The minimum atomic E-state index is 0.213. The van der Waals surface area contributed by atoms with Crippen molar-refractivity contribution >= 4 is 11.6 Å². The molecule has 5 heteroatoms. The monoisotopic (exact) mass is 266 g/mol. The number of aliphatic hydroxyl groups excluding tert-OH is 1. The van der Waals surface area contributed by atoms with E-state index < -0.39 is 0 Å². The lowest BCUT2D eigenvalue weighted by atomic mass is 10.1. The average Bonchev–Trinajstić information content (AvgIpc) is 2.43. The Morgan fingerprint density at radius 2 is 2.05 bits per heavy atom. The topological polar surface area (TPSA) is 61.3 Å². The second-order valence-corrected chi connectivity index (χ2v) is 4.46. The predicted octanol–water partition coefficient (Wildman–Crippen LogP) is 2.07. The summed E-state index contributed by atoms with van der Waals surface area (Å²) >= 11 is 0.